The second-order valence-corrected chi connectivity index (χ2v) is 7.21. The lowest BCUT2D eigenvalue weighted by Gasteiger charge is -2.44. The van der Waals surface area contributed by atoms with E-state index in [9.17, 15) is 9.59 Å². The Hall–Kier alpha value is -2.83. The minimum absolute atomic E-state index is 0.0148. The highest BCUT2D eigenvalue weighted by atomic mass is 16.2. The van der Waals surface area contributed by atoms with Crippen molar-refractivity contribution in [3.05, 3.63) is 42.2 Å². The third-order valence-corrected chi connectivity index (χ3v) is 5.40. The van der Waals surface area contributed by atoms with E-state index in [4.69, 9.17) is 0 Å². The number of hydrogen-bond acceptors (Lipinski definition) is 4. The number of piperidine rings is 1. The van der Waals surface area contributed by atoms with Gasteiger partial charge in [-0.3, -0.25) is 14.3 Å². The van der Waals surface area contributed by atoms with Crippen LogP contribution in [0.4, 0.5) is 11.4 Å². The third kappa shape index (κ3) is 2.73. The molecular formula is C19H23N5O2. The molecule has 1 aromatic carbocycles. The number of carbonyl (C=O) groups is 2. The Kier molecular flexibility index (Phi) is 3.94. The number of hydrogen-bond donors (Lipinski definition) is 2. The Morgan fingerprint density at radius 1 is 1.23 bits per heavy atom. The van der Waals surface area contributed by atoms with Gasteiger partial charge in [0.15, 0.2) is 0 Å². The van der Waals surface area contributed by atoms with Crippen LogP contribution in [0.1, 0.15) is 31.4 Å². The standard InChI is InChI=1S/C19H23N5O2/c1-13-11-20-24(12-13)14(2)17(25)23-9-7-19(8-10-23)18(26)21-15-5-3-4-6-16(15)22-19/h3-6,11-12,14,22H,7-10H2,1-2H3,(H,21,26)/t14-/m0/s1. The van der Waals surface area contributed by atoms with Crippen LogP contribution in [-0.2, 0) is 9.59 Å². The van der Waals surface area contributed by atoms with Crippen LogP contribution in [0.3, 0.4) is 0 Å². The summed E-state index contributed by atoms with van der Waals surface area (Å²) in [6, 6.07) is 7.36. The first-order chi connectivity index (χ1) is 12.5. The number of carbonyl (C=O) groups excluding carboxylic acids is 2. The molecule has 1 saturated heterocycles. The van der Waals surface area contributed by atoms with Crippen LogP contribution in [0.5, 0.6) is 0 Å². The summed E-state index contributed by atoms with van der Waals surface area (Å²) >= 11 is 0. The van der Waals surface area contributed by atoms with Crippen molar-refractivity contribution >= 4 is 23.2 Å². The molecule has 136 valence electrons. The van der Waals surface area contributed by atoms with Crippen LogP contribution >= 0.6 is 0 Å². The molecule has 0 saturated carbocycles. The summed E-state index contributed by atoms with van der Waals surface area (Å²) in [4.78, 5) is 27.3. The molecule has 0 bridgehead atoms. The number of likely N-dealkylation sites (tertiary alicyclic amines) is 1. The molecule has 0 aliphatic carbocycles. The Morgan fingerprint density at radius 3 is 2.58 bits per heavy atom. The van der Waals surface area contributed by atoms with Gasteiger partial charge in [-0.15, -0.1) is 0 Å². The Balaban J connectivity index is 1.45. The van der Waals surface area contributed by atoms with Crippen LogP contribution in [0.15, 0.2) is 36.7 Å². The van der Waals surface area contributed by atoms with Crippen molar-refractivity contribution in [2.24, 2.45) is 0 Å². The van der Waals surface area contributed by atoms with Crippen LogP contribution < -0.4 is 10.6 Å². The number of amides is 2. The lowest BCUT2D eigenvalue weighted by Crippen LogP contribution is -2.59. The van der Waals surface area contributed by atoms with Crippen LogP contribution in [0.2, 0.25) is 0 Å². The van der Waals surface area contributed by atoms with E-state index in [2.05, 4.69) is 15.7 Å². The molecule has 3 heterocycles. The highest BCUT2D eigenvalue weighted by Gasteiger charge is 2.45. The highest BCUT2D eigenvalue weighted by Crippen LogP contribution is 2.36. The SMILES string of the molecule is Cc1cnn([C@@H](C)C(=O)N2CCC3(CC2)Nc2ccccc2NC3=O)c1. The van der Waals surface area contributed by atoms with Crippen molar-refractivity contribution in [3.8, 4) is 0 Å². The van der Waals surface area contributed by atoms with Gasteiger partial charge in [0.1, 0.15) is 11.6 Å². The largest absolute Gasteiger partial charge is 0.369 e. The number of nitrogens with zero attached hydrogens (tertiary/aromatic N) is 3. The van der Waals surface area contributed by atoms with Gasteiger partial charge in [0, 0.05) is 19.3 Å². The topological polar surface area (TPSA) is 79.3 Å². The smallest absolute Gasteiger partial charge is 0.250 e. The normalized spacial score (nSPS) is 19.5. The summed E-state index contributed by atoms with van der Waals surface area (Å²) in [5.41, 5.74) is 2.14. The Morgan fingerprint density at radius 2 is 1.92 bits per heavy atom. The van der Waals surface area contributed by atoms with Gasteiger partial charge >= 0.3 is 0 Å². The van der Waals surface area contributed by atoms with E-state index >= 15 is 0 Å². The summed E-state index contributed by atoms with van der Waals surface area (Å²) < 4.78 is 1.70. The molecule has 1 fully saturated rings. The molecule has 2 aliphatic heterocycles. The molecule has 1 spiro atoms. The summed E-state index contributed by atoms with van der Waals surface area (Å²) in [5, 5.41) is 10.7. The average Bonchev–Trinajstić information content (AvgIpc) is 3.08. The van der Waals surface area contributed by atoms with Gasteiger partial charge in [0.25, 0.3) is 0 Å². The van der Waals surface area contributed by atoms with Gasteiger partial charge in [0.05, 0.1) is 17.6 Å². The van der Waals surface area contributed by atoms with Gasteiger partial charge in [-0.1, -0.05) is 12.1 Å². The van der Waals surface area contributed by atoms with Gasteiger partial charge in [0.2, 0.25) is 11.8 Å². The van der Waals surface area contributed by atoms with E-state index in [1.54, 1.807) is 10.9 Å². The Bertz CT molecular complexity index is 851. The monoisotopic (exact) mass is 353 g/mol. The maximum Gasteiger partial charge on any atom is 0.250 e. The summed E-state index contributed by atoms with van der Waals surface area (Å²) in [6.45, 7) is 4.91. The fourth-order valence-corrected chi connectivity index (χ4v) is 3.74. The van der Waals surface area contributed by atoms with Crippen LogP contribution in [0.25, 0.3) is 0 Å². The first kappa shape index (κ1) is 16.6. The number of nitrogens with one attached hydrogen (secondary N) is 2. The molecule has 26 heavy (non-hydrogen) atoms. The molecular weight excluding hydrogens is 330 g/mol. The maximum absolute atomic E-state index is 12.8. The zero-order valence-electron chi connectivity index (χ0n) is 15.0. The zero-order valence-corrected chi connectivity index (χ0v) is 15.0. The minimum atomic E-state index is -0.642. The fraction of sp³-hybridized carbons (Fsp3) is 0.421. The van der Waals surface area contributed by atoms with Crippen molar-refractivity contribution < 1.29 is 9.59 Å². The molecule has 2 aromatic rings. The van der Waals surface area contributed by atoms with E-state index in [1.807, 2.05) is 49.2 Å². The Labute approximate surface area is 152 Å². The second-order valence-electron chi connectivity index (χ2n) is 7.21. The molecule has 2 aliphatic rings. The number of aryl methyl sites for hydroxylation is 1. The van der Waals surface area contributed by atoms with Gasteiger partial charge in [-0.25, -0.2) is 0 Å². The number of benzene rings is 1. The predicted octanol–water partition coefficient (Wildman–Crippen LogP) is 2.18. The maximum atomic E-state index is 12.8. The van der Waals surface area contributed by atoms with Crippen LogP contribution in [0, 0.1) is 6.92 Å². The molecule has 2 N–H and O–H groups in total. The van der Waals surface area contributed by atoms with Crippen molar-refractivity contribution in [2.75, 3.05) is 23.7 Å². The minimum Gasteiger partial charge on any atom is -0.369 e. The van der Waals surface area contributed by atoms with E-state index < -0.39 is 5.54 Å². The van der Waals surface area contributed by atoms with Crippen LogP contribution in [-0.4, -0.2) is 45.1 Å². The average molecular weight is 353 g/mol. The molecule has 2 amide bonds. The number of para-hydroxylation sites is 2. The van der Waals surface area contributed by atoms with Gasteiger partial charge < -0.3 is 15.5 Å². The highest BCUT2D eigenvalue weighted by molar-refractivity contribution is 6.06. The molecule has 0 radical (unpaired) electrons. The third-order valence-electron chi connectivity index (χ3n) is 5.40. The van der Waals surface area contributed by atoms with Crippen molar-refractivity contribution in [1.82, 2.24) is 14.7 Å². The number of anilines is 2. The lowest BCUT2D eigenvalue weighted by molar-refractivity contribution is -0.137. The first-order valence-corrected chi connectivity index (χ1v) is 8.97. The van der Waals surface area contributed by atoms with Crippen molar-refractivity contribution in [1.29, 1.82) is 0 Å². The number of rotatable bonds is 2. The van der Waals surface area contributed by atoms with Gasteiger partial charge in [-0.05, 0) is 44.4 Å². The second kappa shape index (κ2) is 6.16. The fourth-order valence-electron chi connectivity index (χ4n) is 3.74. The summed E-state index contributed by atoms with van der Waals surface area (Å²) in [6.07, 6.45) is 4.80. The first-order valence-electron chi connectivity index (χ1n) is 8.97. The van der Waals surface area contributed by atoms with Gasteiger partial charge in [-0.2, -0.15) is 5.10 Å². The molecule has 1 atom stereocenters. The summed E-state index contributed by atoms with van der Waals surface area (Å²) in [7, 11) is 0. The van der Waals surface area contributed by atoms with E-state index in [1.165, 1.54) is 0 Å². The number of fused-ring (bicyclic) bond motifs is 1. The molecule has 0 unspecified atom stereocenters. The lowest BCUT2D eigenvalue weighted by atomic mass is 9.84. The zero-order chi connectivity index (χ0) is 18.3. The van der Waals surface area contributed by atoms with E-state index in [-0.39, 0.29) is 17.9 Å². The number of aromatic nitrogens is 2. The molecule has 1 aromatic heterocycles. The van der Waals surface area contributed by atoms with Crippen molar-refractivity contribution in [3.63, 3.8) is 0 Å². The predicted molar refractivity (Wildman–Crippen MR) is 98.9 cm³/mol. The molecule has 4 rings (SSSR count). The van der Waals surface area contributed by atoms with Crippen molar-refractivity contribution in [2.45, 2.75) is 38.3 Å². The summed E-state index contributed by atoms with van der Waals surface area (Å²) in [5.74, 6) is 0.0265. The van der Waals surface area contributed by atoms with E-state index in [0.717, 1.165) is 16.9 Å². The van der Waals surface area contributed by atoms with E-state index in [0.29, 0.717) is 25.9 Å². The molecule has 7 nitrogen and oxygen atoms in total. The quantitative estimate of drug-likeness (QED) is 0.867. The molecule has 7 heteroatoms.